The van der Waals surface area contributed by atoms with Crippen molar-refractivity contribution in [2.75, 3.05) is 6.61 Å². The third kappa shape index (κ3) is 3.48. The van der Waals surface area contributed by atoms with Crippen LogP contribution in [0, 0.1) is 28.4 Å². The lowest BCUT2D eigenvalue weighted by molar-refractivity contribution is -0.497. The van der Waals surface area contributed by atoms with Crippen molar-refractivity contribution < 1.29 is 19.2 Å². The Morgan fingerprint density at radius 2 is 2.35 bits per heavy atom. The number of esters is 1. The van der Waals surface area contributed by atoms with Crippen molar-refractivity contribution in [3.63, 3.8) is 0 Å². The van der Waals surface area contributed by atoms with Crippen LogP contribution in [0.5, 0.6) is 5.75 Å². The zero-order valence-corrected chi connectivity index (χ0v) is 10.7. The van der Waals surface area contributed by atoms with E-state index in [4.69, 9.17) is 15.9 Å². The number of rotatable bonds is 6. The number of carbonyl (C=O) groups is 1. The van der Waals surface area contributed by atoms with Crippen LogP contribution in [0.2, 0.25) is 0 Å². The summed E-state index contributed by atoms with van der Waals surface area (Å²) in [7, 11) is 0. The zero-order valence-electron chi connectivity index (χ0n) is 10.7. The van der Waals surface area contributed by atoms with E-state index in [9.17, 15) is 14.9 Å². The molecule has 1 aromatic rings. The van der Waals surface area contributed by atoms with E-state index in [1.165, 1.54) is 0 Å². The summed E-state index contributed by atoms with van der Waals surface area (Å²) < 4.78 is 10.3. The Morgan fingerprint density at radius 1 is 1.55 bits per heavy atom. The first-order valence-electron chi connectivity index (χ1n) is 6.07. The third-order valence-electron chi connectivity index (χ3n) is 2.93. The monoisotopic (exact) mass is 275 g/mol. The average molecular weight is 275 g/mol. The Morgan fingerprint density at radius 3 is 3.00 bits per heavy atom. The predicted molar refractivity (Wildman–Crippen MR) is 69.5 cm³/mol. The maximum Gasteiger partial charge on any atom is 0.316 e. The third-order valence-corrected chi connectivity index (χ3v) is 2.93. The van der Waals surface area contributed by atoms with Gasteiger partial charge in [-0.1, -0.05) is 18.1 Å². The first kappa shape index (κ1) is 13.9. The molecule has 0 N–H and O–H groups in total. The first-order chi connectivity index (χ1) is 9.61. The van der Waals surface area contributed by atoms with Crippen molar-refractivity contribution in [1.29, 1.82) is 0 Å². The van der Waals surface area contributed by atoms with Crippen LogP contribution in [0.1, 0.15) is 12.0 Å². The minimum Gasteiger partial charge on any atom is -0.481 e. The van der Waals surface area contributed by atoms with Gasteiger partial charge in [-0.25, -0.2) is 0 Å². The number of nitrogens with zero attached hydrogens (tertiary/aromatic N) is 1. The predicted octanol–water partition coefficient (Wildman–Crippen LogP) is 1.41. The molecule has 0 bridgehead atoms. The van der Waals surface area contributed by atoms with Crippen molar-refractivity contribution in [3.8, 4) is 18.1 Å². The molecule has 6 heteroatoms. The van der Waals surface area contributed by atoms with Crippen molar-refractivity contribution in [2.45, 2.75) is 19.1 Å². The van der Waals surface area contributed by atoms with Gasteiger partial charge in [0.05, 0.1) is 0 Å². The van der Waals surface area contributed by atoms with E-state index in [0.717, 1.165) is 5.56 Å². The van der Waals surface area contributed by atoms with Crippen LogP contribution in [0.3, 0.4) is 0 Å². The molecule has 0 saturated heterocycles. The summed E-state index contributed by atoms with van der Waals surface area (Å²) in [5.74, 6) is 1.81. The molecule has 0 spiro atoms. The second kappa shape index (κ2) is 6.06. The molecule has 6 nitrogen and oxygen atoms in total. The molecule has 1 aromatic carbocycles. The fourth-order valence-electron chi connectivity index (χ4n) is 1.78. The molecule has 0 radical (unpaired) electrons. The standard InChI is InChI=1S/C14H13NO5/c1-2-6-19-11-5-3-4-10(7-11)9-20-14(16)12-8-13(12)15(17)18/h1,3-5,7,12-13H,6,8-9H2. The first-order valence-corrected chi connectivity index (χ1v) is 6.07. The van der Waals surface area contributed by atoms with Gasteiger partial charge in [0, 0.05) is 11.3 Å². The lowest BCUT2D eigenvalue weighted by atomic mass is 10.2. The minimum atomic E-state index is -0.784. The molecule has 0 heterocycles. The van der Waals surface area contributed by atoms with Crippen LogP contribution in [0.4, 0.5) is 0 Å². The summed E-state index contributed by atoms with van der Waals surface area (Å²) in [6.07, 6.45) is 5.35. The Kier molecular flexibility index (Phi) is 4.20. The van der Waals surface area contributed by atoms with Gasteiger partial charge in [0.2, 0.25) is 6.04 Å². The molecule has 1 fully saturated rings. The quantitative estimate of drug-likeness (QED) is 0.339. The number of terminal acetylenes is 1. The highest BCUT2D eigenvalue weighted by molar-refractivity contribution is 5.76. The maximum atomic E-state index is 11.6. The average Bonchev–Trinajstić information content (AvgIpc) is 3.23. The van der Waals surface area contributed by atoms with Gasteiger partial charge < -0.3 is 9.47 Å². The molecule has 20 heavy (non-hydrogen) atoms. The van der Waals surface area contributed by atoms with E-state index >= 15 is 0 Å². The second-order valence-corrected chi connectivity index (χ2v) is 4.44. The molecular formula is C14H13NO5. The fourth-order valence-corrected chi connectivity index (χ4v) is 1.78. The summed E-state index contributed by atoms with van der Waals surface area (Å²) in [5, 5.41) is 10.5. The lowest BCUT2D eigenvalue weighted by Crippen LogP contribution is -2.13. The van der Waals surface area contributed by atoms with Crippen LogP contribution < -0.4 is 4.74 Å². The molecule has 0 amide bonds. The van der Waals surface area contributed by atoms with Gasteiger partial charge in [-0.3, -0.25) is 14.9 Å². The molecule has 0 aliphatic heterocycles. The smallest absolute Gasteiger partial charge is 0.316 e. The Hall–Kier alpha value is -2.55. The molecular weight excluding hydrogens is 262 g/mol. The van der Waals surface area contributed by atoms with Crippen LogP contribution in [0.25, 0.3) is 0 Å². The van der Waals surface area contributed by atoms with Crippen LogP contribution in [-0.2, 0) is 16.1 Å². The Balaban J connectivity index is 1.84. The second-order valence-electron chi connectivity index (χ2n) is 4.44. The fraction of sp³-hybridized carbons (Fsp3) is 0.357. The lowest BCUT2D eigenvalue weighted by Gasteiger charge is -2.06. The Labute approximate surface area is 115 Å². The molecule has 1 saturated carbocycles. The van der Waals surface area contributed by atoms with Gasteiger partial charge in [0.15, 0.2) is 0 Å². The van der Waals surface area contributed by atoms with E-state index in [2.05, 4.69) is 5.92 Å². The van der Waals surface area contributed by atoms with Gasteiger partial charge in [-0.05, 0) is 17.7 Å². The van der Waals surface area contributed by atoms with E-state index < -0.39 is 22.9 Å². The minimum absolute atomic E-state index is 0.0625. The van der Waals surface area contributed by atoms with E-state index in [1.807, 2.05) is 0 Å². The van der Waals surface area contributed by atoms with Crippen LogP contribution in [-0.4, -0.2) is 23.5 Å². The number of benzene rings is 1. The van der Waals surface area contributed by atoms with Gasteiger partial charge in [-0.2, -0.15) is 0 Å². The van der Waals surface area contributed by atoms with Crippen molar-refractivity contribution in [2.24, 2.45) is 5.92 Å². The number of nitro groups is 1. The summed E-state index contributed by atoms with van der Waals surface area (Å²) in [4.78, 5) is 21.6. The maximum absolute atomic E-state index is 11.6. The van der Waals surface area contributed by atoms with Gasteiger partial charge in [-0.15, -0.1) is 6.42 Å². The zero-order chi connectivity index (χ0) is 14.5. The highest BCUT2D eigenvalue weighted by atomic mass is 16.6. The normalized spacial score (nSPS) is 19.8. The number of hydrogen-bond acceptors (Lipinski definition) is 5. The van der Waals surface area contributed by atoms with Crippen molar-refractivity contribution in [3.05, 3.63) is 39.9 Å². The van der Waals surface area contributed by atoms with Crippen molar-refractivity contribution >= 4 is 5.97 Å². The summed E-state index contributed by atoms with van der Waals surface area (Å²) in [6, 6.07) is 6.20. The molecule has 1 aliphatic rings. The molecule has 0 aromatic heterocycles. The Bertz CT molecular complexity index is 563. The van der Waals surface area contributed by atoms with Gasteiger partial charge in [0.1, 0.15) is 24.9 Å². The number of ether oxygens (including phenoxy) is 2. The summed E-state index contributed by atoms with van der Waals surface area (Å²) >= 11 is 0. The molecule has 2 atom stereocenters. The van der Waals surface area contributed by atoms with Crippen LogP contribution in [0.15, 0.2) is 24.3 Å². The van der Waals surface area contributed by atoms with Crippen molar-refractivity contribution in [1.82, 2.24) is 0 Å². The van der Waals surface area contributed by atoms with E-state index in [1.54, 1.807) is 24.3 Å². The number of carbonyl (C=O) groups excluding carboxylic acids is 1. The largest absolute Gasteiger partial charge is 0.481 e. The highest BCUT2D eigenvalue weighted by Gasteiger charge is 2.54. The van der Waals surface area contributed by atoms with Gasteiger partial charge >= 0.3 is 5.97 Å². The van der Waals surface area contributed by atoms with Crippen LogP contribution >= 0.6 is 0 Å². The highest BCUT2D eigenvalue weighted by Crippen LogP contribution is 2.34. The molecule has 104 valence electrons. The summed E-state index contributed by atoms with van der Waals surface area (Å²) in [5.41, 5.74) is 0.742. The molecule has 1 aliphatic carbocycles. The molecule has 2 unspecified atom stereocenters. The number of hydrogen-bond donors (Lipinski definition) is 0. The SMILES string of the molecule is C#CCOc1cccc(COC(=O)C2CC2[N+](=O)[O-])c1. The van der Waals surface area contributed by atoms with Gasteiger partial charge in [0.25, 0.3) is 0 Å². The van der Waals surface area contributed by atoms with E-state index in [-0.39, 0.29) is 19.6 Å². The van der Waals surface area contributed by atoms with E-state index in [0.29, 0.717) is 5.75 Å². The molecule has 2 rings (SSSR count). The summed E-state index contributed by atoms with van der Waals surface area (Å²) in [6.45, 7) is 0.225. The topological polar surface area (TPSA) is 78.7 Å².